The molecule has 1 saturated heterocycles. The molecule has 17 heavy (non-hydrogen) atoms. The smallest absolute Gasteiger partial charge is 0.307 e. The average molecular weight is 241 g/mol. The van der Waals surface area contributed by atoms with E-state index in [2.05, 4.69) is 5.32 Å². The van der Waals surface area contributed by atoms with Gasteiger partial charge in [0.2, 0.25) is 11.8 Å². The minimum Gasteiger partial charge on any atom is -0.307 e. The number of nitrogens with one attached hydrogen (secondary N) is 1. The Kier molecular flexibility index (Phi) is 4.22. The predicted octanol–water partition coefficient (Wildman–Crippen LogP) is 0.0411. The van der Waals surface area contributed by atoms with Crippen molar-refractivity contribution in [3.05, 3.63) is 0 Å². The highest BCUT2D eigenvalue weighted by Gasteiger charge is 2.37. The second kappa shape index (κ2) is 5.27. The number of carbonyl (C=O) groups excluding carboxylic acids is 3. The third-order valence-electron chi connectivity index (χ3n) is 2.70. The molecular weight excluding hydrogens is 222 g/mol. The van der Waals surface area contributed by atoms with Crippen molar-refractivity contribution in [1.82, 2.24) is 15.1 Å². The van der Waals surface area contributed by atoms with Crippen molar-refractivity contribution in [3.8, 4) is 0 Å². The minimum absolute atomic E-state index is 0.139. The van der Waals surface area contributed by atoms with Crippen LogP contribution in [0.4, 0.5) is 4.79 Å². The molecule has 1 rings (SSSR count). The second-order valence-electron chi connectivity index (χ2n) is 4.87. The number of nitrogens with zero attached hydrogens (tertiary/aromatic N) is 2. The van der Waals surface area contributed by atoms with Crippen LogP contribution >= 0.6 is 0 Å². The van der Waals surface area contributed by atoms with Gasteiger partial charge in [0, 0.05) is 6.54 Å². The van der Waals surface area contributed by atoms with Crippen LogP contribution < -0.4 is 5.32 Å². The van der Waals surface area contributed by atoms with Crippen LogP contribution in [0.2, 0.25) is 0 Å². The molecule has 0 spiro atoms. The van der Waals surface area contributed by atoms with E-state index in [9.17, 15) is 14.4 Å². The van der Waals surface area contributed by atoms with Crippen LogP contribution in [0.25, 0.3) is 0 Å². The number of hydrogen-bond acceptors (Lipinski definition) is 4. The maximum atomic E-state index is 11.8. The minimum atomic E-state index is -0.605. The first kappa shape index (κ1) is 13.6. The quantitative estimate of drug-likeness (QED) is 0.706. The molecule has 0 aromatic heterocycles. The van der Waals surface area contributed by atoms with Crippen LogP contribution in [0, 0.1) is 5.92 Å². The van der Waals surface area contributed by atoms with Crippen molar-refractivity contribution in [2.24, 2.45) is 5.92 Å². The van der Waals surface area contributed by atoms with Crippen LogP contribution in [0.1, 0.15) is 20.3 Å². The summed E-state index contributed by atoms with van der Waals surface area (Å²) in [4.78, 5) is 37.6. The maximum Gasteiger partial charge on any atom is 0.331 e. The predicted molar refractivity (Wildman–Crippen MR) is 62.2 cm³/mol. The third-order valence-corrected chi connectivity index (χ3v) is 2.70. The number of carbonyl (C=O) groups is 3. The van der Waals surface area contributed by atoms with Gasteiger partial charge in [0.1, 0.15) is 6.42 Å². The largest absolute Gasteiger partial charge is 0.331 e. The van der Waals surface area contributed by atoms with Crippen molar-refractivity contribution in [2.75, 3.05) is 20.6 Å². The standard InChI is InChI=1S/C11H19N3O3/c1-7(2)8(6-13(3)4)14-10(16)5-9(15)12-11(14)17/h7-8H,5-6H2,1-4H3,(H,12,15,17). The SMILES string of the molecule is CC(C)C(CN(C)C)N1C(=O)CC(=O)NC1=O. The van der Waals surface area contributed by atoms with Crippen molar-refractivity contribution >= 4 is 17.8 Å². The van der Waals surface area contributed by atoms with E-state index in [4.69, 9.17) is 0 Å². The van der Waals surface area contributed by atoms with E-state index in [0.717, 1.165) is 0 Å². The van der Waals surface area contributed by atoms with Crippen LogP contribution in [-0.2, 0) is 9.59 Å². The van der Waals surface area contributed by atoms with Crippen molar-refractivity contribution in [3.63, 3.8) is 0 Å². The molecule has 6 nitrogen and oxygen atoms in total. The molecule has 6 heteroatoms. The van der Waals surface area contributed by atoms with Crippen molar-refractivity contribution in [1.29, 1.82) is 0 Å². The molecule has 0 aromatic carbocycles. The summed E-state index contributed by atoms with van der Waals surface area (Å²) in [5, 5.41) is 2.18. The number of hydrogen-bond donors (Lipinski definition) is 1. The molecule has 0 aliphatic carbocycles. The third kappa shape index (κ3) is 3.26. The zero-order valence-electron chi connectivity index (χ0n) is 10.7. The summed E-state index contributed by atoms with van der Waals surface area (Å²) in [6.45, 7) is 4.49. The van der Waals surface area contributed by atoms with Gasteiger partial charge in [-0.05, 0) is 20.0 Å². The summed E-state index contributed by atoms with van der Waals surface area (Å²) >= 11 is 0. The monoisotopic (exact) mass is 241 g/mol. The summed E-state index contributed by atoms with van der Waals surface area (Å²) in [6.07, 6.45) is -0.248. The highest BCUT2D eigenvalue weighted by atomic mass is 16.2. The number of urea groups is 1. The Hall–Kier alpha value is -1.43. The summed E-state index contributed by atoms with van der Waals surface area (Å²) in [5.74, 6) is -0.803. The highest BCUT2D eigenvalue weighted by molar-refractivity contribution is 6.14. The Morgan fingerprint density at radius 2 is 1.88 bits per heavy atom. The van der Waals surface area contributed by atoms with Crippen molar-refractivity contribution < 1.29 is 14.4 Å². The summed E-state index contributed by atoms with van der Waals surface area (Å²) in [7, 11) is 3.76. The van der Waals surface area contributed by atoms with Gasteiger partial charge in [0.25, 0.3) is 0 Å². The summed E-state index contributed by atoms with van der Waals surface area (Å²) in [6, 6.07) is -0.822. The fourth-order valence-corrected chi connectivity index (χ4v) is 1.86. The van der Waals surface area contributed by atoms with Crippen molar-refractivity contribution in [2.45, 2.75) is 26.3 Å². The van der Waals surface area contributed by atoms with Crippen LogP contribution in [-0.4, -0.2) is 54.3 Å². The lowest BCUT2D eigenvalue weighted by atomic mass is 10.0. The van der Waals surface area contributed by atoms with E-state index in [1.807, 2.05) is 32.8 Å². The fraction of sp³-hybridized carbons (Fsp3) is 0.727. The van der Waals surface area contributed by atoms with Gasteiger partial charge in [-0.1, -0.05) is 13.8 Å². The van der Waals surface area contributed by atoms with E-state index in [1.165, 1.54) is 4.90 Å². The topological polar surface area (TPSA) is 69.7 Å². The van der Waals surface area contributed by atoms with Gasteiger partial charge in [-0.3, -0.25) is 19.8 Å². The second-order valence-corrected chi connectivity index (χ2v) is 4.87. The van der Waals surface area contributed by atoms with E-state index in [1.54, 1.807) is 0 Å². The van der Waals surface area contributed by atoms with Gasteiger partial charge in [0.05, 0.1) is 6.04 Å². The molecular formula is C11H19N3O3. The Morgan fingerprint density at radius 3 is 2.29 bits per heavy atom. The lowest BCUT2D eigenvalue weighted by Crippen LogP contribution is -2.59. The van der Waals surface area contributed by atoms with E-state index >= 15 is 0 Å². The number of rotatable bonds is 4. The Balaban J connectivity index is 2.89. The number of imide groups is 2. The number of barbiturate groups is 1. The molecule has 1 fully saturated rings. The van der Waals surface area contributed by atoms with Gasteiger partial charge >= 0.3 is 6.03 Å². The first-order valence-electron chi connectivity index (χ1n) is 5.63. The zero-order chi connectivity index (χ0) is 13.2. The van der Waals surface area contributed by atoms with Gasteiger partial charge in [-0.25, -0.2) is 4.79 Å². The lowest BCUT2D eigenvalue weighted by Gasteiger charge is -2.36. The lowest BCUT2D eigenvalue weighted by molar-refractivity contribution is -0.138. The van der Waals surface area contributed by atoms with Gasteiger partial charge < -0.3 is 4.90 Å². The molecule has 1 aliphatic rings. The maximum absolute atomic E-state index is 11.8. The fourth-order valence-electron chi connectivity index (χ4n) is 1.86. The molecule has 1 heterocycles. The molecule has 4 amide bonds. The molecule has 0 saturated carbocycles. The summed E-state index contributed by atoms with van der Waals surface area (Å²) < 4.78 is 0. The van der Waals surface area contributed by atoms with E-state index in [0.29, 0.717) is 6.54 Å². The average Bonchev–Trinajstić information content (AvgIpc) is 2.13. The molecule has 1 unspecified atom stereocenters. The van der Waals surface area contributed by atoms with Gasteiger partial charge in [-0.15, -0.1) is 0 Å². The Labute approximate surface area is 101 Å². The van der Waals surface area contributed by atoms with Gasteiger partial charge in [0.15, 0.2) is 0 Å². The normalized spacial score (nSPS) is 18.9. The van der Waals surface area contributed by atoms with E-state index in [-0.39, 0.29) is 18.4 Å². The molecule has 0 aromatic rings. The van der Waals surface area contributed by atoms with Crippen LogP contribution in [0.3, 0.4) is 0 Å². The molecule has 96 valence electrons. The number of likely N-dealkylation sites (N-methyl/N-ethyl adjacent to an activating group) is 1. The highest BCUT2D eigenvalue weighted by Crippen LogP contribution is 2.16. The Bertz CT molecular complexity index is 319. The van der Waals surface area contributed by atoms with E-state index < -0.39 is 17.8 Å². The Morgan fingerprint density at radius 1 is 1.29 bits per heavy atom. The molecule has 0 radical (unpaired) electrons. The first-order chi connectivity index (χ1) is 7.82. The molecule has 1 atom stereocenters. The summed E-state index contributed by atoms with van der Waals surface area (Å²) in [5.41, 5.74) is 0. The van der Waals surface area contributed by atoms with Crippen LogP contribution in [0.15, 0.2) is 0 Å². The van der Waals surface area contributed by atoms with Crippen LogP contribution in [0.5, 0.6) is 0 Å². The first-order valence-corrected chi connectivity index (χ1v) is 5.63. The molecule has 0 bridgehead atoms. The molecule has 1 aliphatic heterocycles. The van der Waals surface area contributed by atoms with Gasteiger partial charge in [-0.2, -0.15) is 0 Å². The number of amides is 4. The molecule has 1 N–H and O–H groups in total. The zero-order valence-corrected chi connectivity index (χ0v) is 10.7.